The lowest BCUT2D eigenvalue weighted by molar-refractivity contribution is 0.0532. The quantitative estimate of drug-likeness (QED) is 0.865. The Bertz CT molecular complexity index is 561. The van der Waals surface area contributed by atoms with Gasteiger partial charge in [0.05, 0.1) is 24.6 Å². The maximum atomic E-state index is 12.9. The van der Waals surface area contributed by atoms with E-state index >= 15 is 0 Å². The predicted octanol–water partition coefficient (Wildman–Crippen LogP) is 1.62. The van der Waals surface area contributed by atoms with Gasteiger partial charge in [-0.3, -0.25) is 9.48 Å². The van der Waals surface area contributed by atoms with Gasteiger partial charge >= 0.3 is 6.09 Å². The molecule has 1 aromatic rings. The molecule has 0 saturated carbocycles. The van der Waals surface area contributed by atoms with Gasteiger partial charge in [-0.25, -0.2) is 9.18 Å². The van der Waals surface area contributed by atoms with E-state index in [2.05, 4.69) is 15.7 Å². The van der Waals surface area contributed by atoms with E-state index in [-0.39, 0.29) is 24.6 Å². The van der Waals surface area contributed by atoms with E-state index in [0.717, 1.165) is 0 Å². The van der Waals surface area contributed by atoms with Crippen LogP contribution in [0.3, 0.4) is 0 Å². The first kappa shape index (κ1) is 17.7. The van der Waals surface area contributed by atoms with Crippen molar-refractivity contribution >= 4 is 12.0 Å². The van der Waals surface area contributed by atoms with Crippen LogP contribution < -0.4 is 10.6 Å². The zero-order valence-electron chi connectivity index (χ0n) is 13.1. The number of alkyl carbamates (subject to hydrolysis) is 1. The summed E-state index contributed by atoms with van der Waals surface area (Å²) in [7, 11) is 1.51. The van der Waals surface area contributed by atoms with Gasteiger partial charge in [-0.2, -0.15) is 5.10 Å². The van der Waals surface area contributed by atoms with Crippen molar-refractivity contribution in [2.24, 2.45) is 0 Å². The summed E-state index contributed by atoms with van der Waals surface area (Å²) in [5, 5.41) is 8.89. The van der Waals surface area contributed by atoms with Crippen molar-refractivity contribution in [3.05, 3.63) is 29.9 Å². The van der Waals surface area contributed by atoms with Crippen molar-refractivity contribution in [2.45, 2.75) is 32.9 Å². The molecule has 0 aliphatic rings. The van der Waals surface area contributed by atoms with Crippen LogP contribution in [0.25, 0.3) is 0 Å². The molecule has 0 saturated heterocycles. The number of nitrogens with zero attached hydrogens (tertiary/aromatic N) is 2. The summed E-state index contributed by atoms with van der Waals surface area (Å²) in [4.78, 5) is 22.9. The highest BCUT2D eigenvalue weighted by Gasteiger charge is 2.16. The normalized spacial score (nSPS) is 12.0. The second-order valence-electron chi connectivity index (χ2n) is 5.63. The van der Waals surface area contributed by atoms with Crippen molar-refractivity contribution in [2.75, 3.05) is 13.6 Å². The molecule has 22 heavy (non-hydrogen) atoms. The Morgan fingerprint density at radius 1 is 1.45 bits per heavy atom. The van der Waals surface area contributed by atoms with Crippen LogP contribution in [0.2, 0.25) is 0 Å². The lowest BCUT2D eigenvalue weighted by Gasteiger charge is -2.20. The van der Waals surface area contributed by atoms with Crippen LogP contribution >= 0.6 is 0 Å². The molecule has 0 atom stereocenters. The third kappa shape index (κ3) is 5.94. The van der Waals surface area contributed by atoms with Gasteiger partial charge in [0.1, 0.15) is 5.60 Å². The molecule has 0 spiro atoms. The first-order valence-electron chi connectivity index (χ1n) is 6.74. The number of ether oxygens (including phenoxy) is 1. The Morgan fingerprint density at radius 3 is 2.68 bits per heavy atom. The smallest absolute Gasteiger partial charge is 0.407 e. The average molecular weight is 312 g/mol. The third-order valence-corrected chi connectivity index (χ3v) is 2.50. The first-order valence-corrected chi connectivity index (χ1v) is 6.74. The number of aromatic nitrogens is 2. The lowest BCUT2D eigenvalue weighted by Crippen LogP contribution is -2.34. The zero-order chi connectivity index (χ0) is 16.8. The number of nitrogens with one attached hydrogen (secondary N) is 2. The highest BCUT2D eigenvalue weighted by atomic mass is 19.1. The number of amides is 2. The maximum absolute atomic E-state index is 12.9. The van der Waals surface area contributed by atoms with Crippen molar-refractivity contribution in [1.82, 2.24) is 20.4 Å². The Morgan fingerprint density at radius 2 is 2.14 bits per heavy atom. The minimum absolute atomic E-state index is 0.0133. The Hall–Kier alpha value is -2.38. The minimum Gasteiger partial charge on any atom is -0.444 e. The van der Waals surface area contributed by atoms with E-state index in [1.807, 2.05) is 0 Å². The number of carbonyl (C=O) groups excluding carboxylic acids is 2. The standard InChI is InChI=1S/C14H21FN4O3/c1-14(2,3)22-13(21)17-6-10(5-15)8-19-9-11(7-18-19)12(20)16-4/h5,7,9H,6,8H2,1-4H3,(H,16,20)(H,17,21)/b10-5+. The van der Waals surface area contributed by atoms with E-state index in [1.165, 1.54) is 24.1 Å². The largest absolute Gasteiger partial charge is 0.444 e. The highest BCUT2D eigenvalue weighted by Crippen LogP contribution is 2.07. The van der Waals surface area contributed by atoms with Crippen LogP contribution in [0.5, 0.6) is 0 Å². The van der Waals surface area contributed by atoms with E-state index in [1.54, 1.807) is 20.8 Å². The SMILES string of the molecule is CNC(=O)c1cnn(C/C(=C/F)CNC(=O)OC(C)(C)C)c1. The van der Waals surface area contributed by atoms with Crippen LogP contribution in [0, 0.1) is 0 Å². The van der Waals surface area contributed by atoms with Gasteiger partial charge in [0, 0.05) is 19.8 Å². The van der Waals surface area contributed by atoms with Crippen LogP contribution in [-0.4, -0.2) is 41.0 Å². The molecule has 0 aromatic carbocycles. The van der Waals surface area contributed by atoms with Gasteiger partial charge in [-0.1, -0.05) is 0 Å². The van der Waals surface area contributed by atoms with Gasteiger partial charge in [0.15, 0.2) is 0 Å². The van der Waals surface area contributed by atoms with Crippen LogP contribution in [0.1, 0.15) is 31.1 Å². The number of rotatable bonds is 5. The fourth-order valence-corrected chi connectivity index (χ4v) is 1.55. The molecule has 7 nitrogen and oxygen atoms in total. The first-order chi connectivity index (χ1) is 10.2. The number of carbonyl (C=O) groups is 2. The Labute approximate surface area is 128 Å². The summed E-state index contributed by atoms with van der Waals surface area (Å²) < 4.78 is 19.4. The maximum Gasteiger partial charge on any atom is 0.407 e. The second-order valence-corrected chi connectivity index (χ2v) is 5.63. The molecule has 1 rings (SSSR count). The molecule has 0 bridgehead atoms. The Kier molecular flexibility index (Phi) is 6.09. The van der Waals surface area contributed by atoms with Crippen molar-refractivity contribution in [1.29, 1.82) is 0 Å². The molecule has 0 aliphatic carbocycles. The molecular weight excluding hydrogens is 291 g/mol. The van der Waals surface area contributed by atoms with Gasteiger partial charge in [-0.05, 0) is 26.3 Å². The lowest BCUT2D eigenvalue weighted by atomic mass is 10.2. The van der Waals surface area contributed by atoms with Gasteiger partial charge in [0.25, 0.3) is 5.91 Å². The van der Waals surface area contributed by atoms with Gasteiger partial charge < -0.3 is 15.4 Å². The molecule has 0 radical (unpaired) electrons. The van der Waals surface area contributed by atoms with Crippen LogP contribution in [-0.2, 0) is 11.3 Å². The fraction of sp³-hybridized carbons (Fsp3) is 0.500. The Balaban J connectivity index is 2.54. The molecule has 0 unspecified atom stereocenters. The van der Waals surface area contributed by atoms with E-state index in [4.69, 9.17) is 4.74 Å². The summed E-state index contributed by atoms with van der Waals surface area (Å²) in [6.45, 7) is 5.32. The summed E-state index contributed by atoms with van der Waals surface area (Å²) in [6, 6.07) is 0. The van der Waals surface area contributed by atoms with Crippen LogP contribution in [0.4, 0.5) is 9.18 Å². The minimum atomic E-state index is -0.627. The topological polar surface area (TPSA) is 85.3 Å². The van der Waals surface area contributed by atoms with Crippen molar-refractivity contribution in [3.63, 3.8) is 0 Å². The molecule has 122 valence electrons. The monoisotopic (exact) mass is 312 g/mol. The summed E-state index contributed by atoms with van der Waals surface area (Å²) in [6.07, 6.45) is 2.66. The van der Waals surface area contributed by atoms with Gasteiger partial charge in [0.2, 0.25) is 0 Å². The van der Waals surface area contributed by atoms with E-state index in [9.17, 15) is 14.0 Å². The van der Waals surface area contributed by atoms with Gasteiger partial charge in [-0.15, -0.1) is 0 Å². The highest BCUT2D eigenvalue weighted by molar-refractivity contribution is 5.93. The molecule has 2 N–H and O–H groups in total. The van der Waals surface area contributed by atoms with E-state index < -0.39 is 11.7 Å². The van der Waals surface area contributed by atoms with E-state index in [0.29, 0.717) is 11.9 Å². The molecule has 2 amide bonds. The molecule has 0 fully saturated rings. The summed E-state index contributed by atoms with van der Waals surface area (Å²) in [5.41, 5.74) is 0.0480. The summed E-state index contributed by atoms with van der Waals surface area (Å²) in [5.74, 6) is -0.274. The average Bonchev–Trinajstić information content (AvgIpc) is 2.89. The molecule has 8 heteroatoms. The molecular formula is C14H21FN4O3. The second kappa shape index (κ2) is 7.58. The third-order valence-electron chi connectivity index (χ3n) is 2.50. The molecule has 1 heterocycles. The number of halogens is 1. The predicted molar refractivity (Wildman–Crippen MR) is 79.0 cm³/mol. The zero-order valence-corrected chi connectivity index (χ0v) is 13.1. The number of hydrogen-bond donors (Lipinski definition) is 2. The van der Waals surface area contributed by atoms with Crippen molar-refractivity contribution < 1.29 is 18.7 Å². The van der Waals surface area contributed by atoms with Crippen molar-refractivity contribution in [3.8, 4) is 0 Å². The number of hydrogen-bond acceptors (Lipinski definition) is 4. The fourth-order valence-electron chi connectivity index (χ4n) is 1.55. The molecule has 0 aliphatic heterocycles. The van der Waals surface area contributed by atoms with Crippen LogP contribution in [0.15, 0.2) is 24.3 Å². The molecule has 1 aromatic heterocycles. The summed E-state index contributed by atoms with van der Waals surface area (Å²) >= 11 is 0.